The van der Waals surface area contributed by atoms with E-state index in [0.29, 0.717) is 6.42 Å². The Morgan fingerprint density at radius 2 is 1.82 bits per heavy atom. The summed E-state index contributed by atoms with van der Waals surface area (Å²) in [5.74, 6) is 0.194. The van der Waals surface area contributed by atoms with Crippen LogP contribution < -0.4 is 4.57 Å². The van der Waals surface area contributed by atoms with Gasteiger partial charge in [-0.2, -0.15) is 0 Å². The van der Waals surface area contributed by atoms with Gasteiger partial charge in [-0.3, -0.25) is 14.7 Å². The fourth-order valence-corrected chi connectivity index (χ4v) is 5.52. The van der Waals surface area contributed by atoms with Crippen molar-refractivity contribution >= 4 is 33.4 Å². The summed E-state index contributed by atoms with van der Waals surface area (Å²) in [5, 5.41) is 0.775. The molecule has 1 saturated heterocycles. The Kier molecular flexibility index (Phi) is 6.50. The summed E-state index contributed by atoms with van der Waals surface area (Å²) in [5.41, 5.74) is 6.02. The van der Waals surface area contributed by atoms with Crippen LogP contribution in [0.3, 0.4) is 0 Å². The number of piperazine rings is 1. The minimum atomic E-state index is 0.0780. The Balaban J connectivity index is 1.36. The third kappa shape index (κ3) is 4.84. The molecule has 5 rings (SSSR count). The van der Waals surface area contributed by atoms with Crippen LogP contribution in [0, 0.1) is 0 Å². The van der Waals surface area contributed by atoms with Gasteiger partial charge < -0.3 is 4.90 Å². The van der Waals surface area contributed by atoms with E-state index in [4.69, 9.17) is 16.6 Å². The van der Waals surface area contributed by atoms with Crippen LogP contribution in [0.4, 0.5) is 0 Å². The topological polar surface area (TPSA) is 40.3 Å². The van der Waals surface area contributed by atoms with Gasteiger partial charge in [0.15, 0.2) is 12.4 Å². The van der Waals surface area contributed by atoms with Gasteiger partial charge in [-0.25, -0.2) is 4.57 Å². The molecule has 0 spiro atoms. The number of carbonyl (C=O) groups excluding carboxylic acids is 1. The average Bonchev–Trinajstić information content (AvgIpc) is 2.97. The van der Waals surface area contributed by atoms with Crippen molar-refractivity contribution in [3.8, 4) is 0 Å². The van der Waals surface area contributed by atoms with Crippen LogP contribution in [0.2, 0.25) is 5.02 Å². The summed E-state index contributed by atoms with van der Waals surface area (Å²) < 4.78 is 2.99. The first kappa shape index (κ1) is 22.5. The monoisotopic (exact) mass is 525 g/mol. The molecule has 1 amide bonds. The van der Waals surface area contributed by atoms with Crippen molar-refractivity contribution in [2.75, 3.05) is 26.2 Å². The molecule has 1 unspecified atom stereocenters. The molecule has 33 heavy (non-hydrogen) atoms. The number of nitrogens with zero attached hydrogens (tertiary/aromatic N) is 4. The molecule has 1 atom stereocenters. The van der Waals surface area contributed by atoms with Crippen LogP contribution in [0.15, 0.2) is 59.5 Å². The van der Waals surface area contributed by atoms with Gasteiger partial charge in [-0.05, 0) is 69.2 Å². The molecular formula is C26H27BrClN4O+. The lowest BCUT2D eigenvalue weighted by atomic mass is 9.96. The Hall–Kier alpha value is -2.28. The fourth-order valence-electron chi connectivity index (χ4n) is 4.95. The van der Waals surface area contributed by atoms with Crippen LogP contribution >= 0.6 is 27.5 Å². The maximum absolute atomic E-state index is 12.9. The molecule has 2 aromatic heterocycles. The fraction of sp³-hybridized carbons (Fsp3) is 0.346. The largest absolute Gasteiger partial charge is 0.340 e. The number of hydrogen-bond donors (Lipinski definition) is 0. The first-order valence-corrected chi connectivity index (χ1v) is 12.5. The van der Waals surface area contributed by atoms with E-state index in [1.165, 1.54) is 16.7 Å². The van der Waals surface area contributed by atoms with Crippen molar-refractivity contribution in [2.45, 2.75) is 25.3 Å². The van der Waals surface area contributed by atoms with Crippen molar-refractivity contribution in [3.63, 3.8) is 0 Å². The second-order valence-electron chi connectivity index (χ2n) is 8.91. The lowest BCUT2D eigenvalue weighted by Gasteiger charge is -2.40. The van der Waals surface area contributed by atoms with Gasteiger partial charge in [0.1, 0.15) is 7.05 Å². The highest BCUT2D eigenvalue weighted by molar-refractivity contribution is 9.10. The third-order valence-electron chi connectivity index (χ3n) is 6.73. The summed E-state index contributed by atoms with van der Waals surface area (Å²) in [4.78, 5) is 22.3. The Morgan fingerprint density at radius 1 is 1.09 bits per heavy atom. The molecule has 1 aromatic carbocycles. The summed E-state index contributed by atoms with van der Waals surface area (Å²) in [7, 11) is 1.98. The molecule has 0 N–H and O–H groups in total. The molecule has 3 aromatic rings. The van der Waals surface area contributed by atoms with Crippen molar-refractivity contribution in [3.05, 3.63) is 92.4 Å². The average molecular weight is 527 g/mol. The van der Waals surface area contributed by atoms with E-state index < -0.39 is 0 Å². The normalized spacial score (nSPS) is 18.4. The van der Waals surface area contributed by atoms with E-state index in [0.717, 1.165) is 59.8 Å². The van der Waals surface area contributed by atoms with Gasteiger partial charge >= 0.3 is 0 Å². The van der Waals surface area contributed by atoms with Crippen molar-refractivity contribution < 1.29 is 9.36 Å². The SMILES string of the molecule is C[n+]1ccc(CC(=O)N2CCN(C3c4ccc(Cl)cc4CCc4cc(Br)cnc43)CC2)cc1. The highest BCUT2D eigenvalue weighted by Crippen LogP contribution is 2.38. The van der Waals surface area contributed by atoms with Crippen LogP contribution in [0.5, 0.6) is 0 Å². The molecule has 170 valence electrons. The highest BCUT2D eigenvalue weighted by atomic mass is 79.9. The molecule has 2 aliphatic rings. The number of aryl methyl sites for hydroxylation is 3. The molecule has 7 heteroatoms. The molecular weight excluding hydrogens is 500 g/mol. The Bertz CT molecular complexity index is 1120. The summed E-state index contributed by atoms with van der Waals surface area (Å²) in [6.07, 6.45) is 8.21. The highest BCUT2D eigenvalue weighted by Gasteiger charge is 2.33. The van der Waals surface area contributed by atoms with E-state index in [1.54, 1.807) is 0 Å². The first-order valence-electron chi connectivity index (χ1n) is 11.4. The van der Waals surface area contributed by atoms with Gasteiger partial charge in [0.05, 0.1) is 18.2 Å². The minimum Gasteiger partial charge on any atom is -0.340 e. The molecule has 3 heterocycles. The van der Waals surface area contributed by atoms with E-state index in [1.807, 2.05) is 53.3 Å². The number of pyridine rings is 2. The number of hydrogen-bond acceptors (Lipinski definition) is 3. The first-order chi connectivity index (χ1) is 16.0. The number of benzene rings is 1. The van der Waals surface area contributed by atoms with E-state index in [-0.39, 0.29) is 11.9 Å². The number of rotatable bonds is 3. The van der Waals surface area contributed by atoms with Crippen LogP contribution in [-0.2, 0) is 31.1 Å². The van der Waals surface area contributed by atoms with Gasteiger partial charge in [0.25, 0.3) is 0 Å². The summed E-state index contributed by atoms with van der Waals surface area (Å²) >= 11 is 9.94. The summed E-state index contributed by atoms with van der Waals surface area (Å²) in [6.45, 7) is 3.09. The van der Waals surface area contributed by atoms with E-state index in [9.17, 15) is 4.79 Å². The second-order valence-corrected chi connectivity index (χ2v) is 10.3. The van der Waals surface area contributed by atoms with Gasteiger partial charge in [-0.15, -0.1) is 0 Å². The predicted octanol–water partition coefficient (Wildman–Crippen LogP) is 3.90. The number of fused-ring (bicyclic) bond motifs is 2. The van der Waals surface area contributed by atoms with Crippen LogP contribution in [0.25, 0.3) is 0 Å². The van der Waals surface area contributed by atoms with Gasteiger partial charge in [-0.1, -0.05) is 17.7 Å². The van der Waals surface area contributed by atoms with Gasteiger partial charge in [0, 0.05) is 54.0 Å². The molecule has 1 aliphatic carbocycles. The molecule has 0 bridgehead atoms. The quantitative estimate of drug-likeness (QED) is 0.486. The number of amides is 1. The van der Waals surface area contributed by atoms with Crippen LogP contribution in [0.1, 0.15) is 34.0 Å². The lowest BCUT2D eigenvalue weighted by Crippen LogP contribution is -2.50. The summed E-state index contributed by atoms with van der Waals surface area (Å²) in [6, 6.07) is 12.6. The lowest BCUT2D eigenvalue weighted by molar-refractivity contribution is -0.671. The molecule has 5 nitrogen and oxygen atoms in total. The third-order valence-corrected chi connectivity index (χ3v) is 7.39. The van der Waals surface area contributed by atoms with Crippen LogP contribution in [-0.4, -0.2) is 46.9 Å². The Labute approximate surface area is 208 Å². The minimum absolute atomic E-state index is 0.0780. The number of aromatic nitrogens is 2. The second kappa shape index (κ2) is 9.53. The number of carbonyl (C=O) groups is 1. The van der Waals surface area contributed by atoms with Crippen molar-refractivity contribution in [1.82, 2.24) is 14.8 Å². The van der Waals surface area contributed by atoms with Crippen molar-refractivity contribution in [1.29, 1.82) is 0 Å². The molecule has 1 fully saturated rings. The zero-order valence-corrected chi connectivity index (χ0v) is 21.0. The van der Waals surface area contributed by atoms with Gasteiger partial charge in [0.2, 0.25) is 5.91 Å². The number of halogens is 2. The maximum atomic E-state index is 12.9. The van der Waals surface area contributed by atoms with E-state index >= 15 is 0 Å². The van der Waals surface area contributed by atoms with E-state index in [2.05, 4.69) is 39.0 Å². The molecule has 0 saturated carbocycles. The predicted molar refractivity (Wildman–Crippen MR) is 132 cm³/mol. The zero-order chi connectivity index (χ0) is 22.9. The zero-order valence-electron chi connectivity index (χ0n) is 18.7. The smallest absolute Gasteiger partial charge is 0.227 e. The molecule has 1 aliphatic heterocycles. The molecule has 0 radical (unpaired) electrons. The Morgan fingerprint density at radius 3 is 2.58 bits per heavy atom. The van der Waals surface area contributed by atoms with Crippen molar-refractivity contribution in [2.24, 2.45) is 7.05 Å². The maximum Gasteiger partial charge on any atom is 0.227 e. The standard InChI is InChI=1S/C26H27BrClN4O/c1-30-8-6-18(7-9-30)14-24(33)31-10-12-32(13-11-31)26-23-5-4-22(28)16-19(23)2-3-20-15-21(27)17-29-25(20)26/h4-9,15-17,26H,2-3,10-14H2,1H3/q+1.